The third-order valence-corrected chi connectivity index (χ3v) is 7.54. The van der Waals surface area contributed by atoms with Crippen molar-refractivity contribution >= 4 is 38.5 Å². The van der Waals surface area contributed by atoms with Gasteiger partial charge in [0.05, 0.1) is 17.0 Å². The molecule has 38 heavy (non-hydrogen) atoms. The van der Waals surface area contributed by atoms with Crippen molar-refractivity contribution in [3.63, 3.8) is 0 Å². The summed E-state index contributed by atoms with van der Waals surface area (Å²) in [5.41, 5.74) is 5.28. The molecular weight excluding hydrogens is 542 g/mol. The summed E-state index contributed by atoms with van der Waals surface area (Å²) in [5.74, 6) is 0.450. The molecular formula is C32H24BrNO4. The molecule has 6 heteroatoms. The first-order valence-corrected chi connectivity index (χ1v) is 13.1. The van der Waals surface area contributed by atoms with Crippen LogP contribution < -0.4 is 15.1 Å². The number of hydrogen-bond donors (Lipinski definition) is 0. The smallest absolute Gasteiger partial charge is 0.295 e. The highest BCUT2D eigenvalue weighted by Crippen LogP contribution is 2.42. The normalized spacial score (nSPS) is 14.7. The van der Waals surface area contributed by atoms with Crippen LogP contribution in [0, 0.1) is 13.8 Å². The number of hydrogen-bond acceptors (Lipinski definition) is 4. The quantitative estimate of drug-likeness (QED) is 0.221. The monoisotopic (exact) mass is 565 g/mol. The van der Waals surface area contributed by atoms with E-state index in [-0.39, 0.29) is 17.1 Å². The van der Waals surface area contributed by atoms with Gasteiger partial charge in [-0.1, -0.05) is 64.5 Å². The van der Waals surface area contributed by atoms with Gasteiger partial charge >= 0.3 is 0 Å². The zero-order valence-corrected chi connectivity index (χ0v) is 22.5. The van der Waals surface area contributed by atoms with E-state index in [1.165, 1.54) is 0 Å². The van der Waals surface area contributed by atoms with E-state index >= 15 is 0 Å². The lowest BCUT2D eigenvalue weighted by atomic mass is 9.98. The van der Waals surface area contributed by atoms with Crippen LogP contribution in [-0.4, -0.2) is 5.91 Å². The number of carbonyl (C=O) groups excluding carboxylic acids is 1. The summed E-state index contributed by atoms with van der Waals surface area (Å²) in [6.45, 7) is 4.49. The lowest BCUT2D eigenvalue weighted by Gasteiger charge is -2.26. The molecule has 0 bridgehead atoms. The number of carbonyl (C=O) groups is 1. The molecule has 4 aromatic carbocycles. The molecule has 5 nitrogen and oxygen atoms in total. The molecule has 1 aromatic heterocycles. The highest BCUT2D eigenvalue weighted by molar-refractivity contribution is 9.10. The molecule has 0 spiro atoms. The van der Waals surface area contributed by atoms with E-state index < -0.39 is 6.04 Å². The first-order valence-electron chi connectivity index (χ1n) is 12.3. The van der Waals surface area contributed by atoms with Gasteiger partial charge in [0.15, 0.2) is 5.43 Å². The molecule has 1 unspecified atom stereocenters. The summed E-state index contributed by atoms with van der Waals surface area (Å²) in [4.78, 5) is 29.3. The Labute approximate surface area is 228 Å². The van der Waals surface area contributed by atoms with Crippen molar-refractivity contribution in [2.75, 3.05) is 4.90 Å². The molecule has 1 aliphatic heterocycles. The molecule has 5 aromatic rings. The van der Waals surface area contributed by atoms with E-state index in [0.29, 0.717) is 34.6 Å². The summed E-state index contributed by atoms with van der Waals surface area (Å²) in [5, 5.41) is 0.431. The van der Waals surface area contributed by atoms with Crippen molar-refractivity contribution in [1.82, 2.24) is 0 Å². The maximum atomic E-state index is 13.8. The molecule has 1 amide bonds. The number of benzene rings is 4. The van der Waals surface area contributed by atoms with Crippen molar-refractivity contribution in [1.29, 1.82) is 0 Å². The van der Waals surface area contributed by atoms with E-state index in [4.69, 9.17) is 9.15 Å². The lowest BCUT2D eigenvalue weighted by Crippen LogP contribution is -2.29. The Morgan fingerprint density at radius 3 is 2.37 bits per heavy atom. The highest BCUT2D eigenvalue weighted by Gasteiger charge is 2.43. The fraction of sp³-hybridized carbons (Fsp3) is 0.125. The van der Waals surface area contributed by atoms with Gasteiger partial charge < -0.3 is 9.15 Å². The predicted molar refractivity (Wildman–Crippen MR) is 152 cm³/mol. The topological polar surface area (TPSA) is 59.8 Å². The van der Waals surface area contributed by atoms with Crippen molar-refractivity contribution in [2.24, 2.45) is 0 Å². The van der Waals surface area contributed by atoms with Crippen LogP contribution in [0.3, 0.4) is 0 Å². The van der Waals surface area contributed by atoms with Crippen LogP contribution in [0.5, 0.6) is 5.75 Å². The van der Waals surface area contributed by atoms with Crippen molar-refractivity contribution in [3.8, 4) is 5.75 Å². The standard InChI is InChI=1S/C32H24BrNO4/c1-19-8-12-24(16-20(19)2)34-29(22-9-13-25(14-10-22)37-18-21-6-4-3-5-7-21)28-30(35)26-17-23(33)11-15-27(26)38-31(28)32(34)36/h3-17,29H,18H2,1-2H3. The van der Waals surface area contributed by atoms with Gasteiger partial charge in [-0.05, 0) is 78.6 Å². The van der Waals surface area contributed by atoms with Crippen LogP contribution in [0.25, 0.3) is 11.0 Å². The average Bonchev–Trinajstić information content (AvgIpc) is 3.22. The summed E-state index contributed by atoms with van der Waals surface area (Å²) < 4.78 is 12.8. The number of ether oxygens (including phenoxy) is 1. The van der Waals surface area contributed by atoms with E-state index in [9.17, 15) is 9.59 Å². The molecule has 188 valence electrons. The first kappa shape index (κ1) is 24.2. The second-order valence-corrected chi connectivity index (χ2v) is 10.4. The number of rotatable bonds is 5. The van der Waals surface area contributed by atoms with Crippen LogP contribution in [0.2, 0.25) is 0 Å². The minimum absolute atomic E-state index is 0.0810. The Hall–Kier alpha value is -4.16. The van der Waals surface area contributed by atoms with E-state index in [0.717, 1.165) is 26.7 Å². The molecule has 6 rings (SSSR count). The van der Waals surface area contributed by atoms with Crippen molar-refractivity contribution < 1.29 is 13.9 Å². The molecule has 0 N–H and O–H groups in total. The molecule has 0 saturated heterocycles. The van der Waals surface area contributed by atoms with Gasteiger partial charge in [0, 0.05) is 10.2 Å². The Kier molecular flexibility index (Phi) is 6.12. The van der Waals surface area contributed by atoms with E-state index in [2.05, 4.69) is 15.9 Å². The zero-order valence-electron chi connectivity index (χ0n) is 20.9. The van der Waals surface area contributed by atoms with Crippen molar-refractivity contribution in [2.45, 2.75) is 26.5 Å². The minimum atomic E-state index is -0.637. The van der Waals surface area contributed by atoms with Gasteiger partial charge in [-0.3, -0.25) is 14.5 Å². The molecule has 0 aliphatic carbocycles. The Balaban J connectivity index is 1.46. The number of halogens is 1. The minimum Gasteiger partial charge on any atom is -0.489 e. The Bertz CT molecular complexity index is 1740. The summed E-state index contributed by atoms with van der Waals surface area (Å²) >= 11 is 3.45. The highest BCUT2D eigenvalue weighted by atomic mass is 79.9. The lowest BCUT2D eigenvalue weighted by molar-refractivity contribution is 0.0971. The van der Waals surface area contributed by atoms with Crippen molar-refractivity contribution in [3.05, 3.63) is 139 Å². The van der Waals surface area contributed by atoms with Gasteiger partial charge in [0.25, 0.3) is 5.91 Å². The third kappa shape index (κ3) is 4.21. The molecule has 1 aliphatic rings. The first-order chi connectivity index (χ1) is 18.4. The molecule has 2 heterocycles. The van der Waals surface area contributed by atoms with Gasteiger partial charge in [0.1, 0.15) is 17.9 Å². The van der Waals surface area contributed by atoms with Gasteiger partial charge in [0.2, 0.25) is 5.76 Å². The molecule has 0 saturated carbocycles. The van der Waals surface area contributed by atoms with Gasteiger partial charge in [-0.2, -0.15) is 0 Å². The van der Waals surface area contributed by atoms with Crippen LogP contribution >= 0.6 is 15.9 Å². The average molecular weight is 566 g/mol. The fourth-order valence-corrected chi connectivity index (χ4v) is 5.25. The fourth-order valence-electron chi connectivity index (χ4n) is 4.89. The number of nitrogens with zero attached hydrogens (tertiary/aromatic N) is 1. The van der Waals surface area contributed by atoms with Gasteiger partial charge in [-0.25, -0.2) is 0 Å². The third-order valence-electron chi connectivity index (χ3n) is 7.05. The second kappa shape index (κ2) is 9.62. The molecule has 1 atom stereocenters. The second-order valence-electron chi connectivity index (χ2n) is 9.50. The maximum Gasteiger partial charge on any atom is 0.295 e. The largest absolute Gasteiger partial charge is 0.489 e. The maximum absolute atomic E-state index is 13.8. The number of anilines is 1. The van der Waals surface area contributed by atoms with Crippen LogP contribution in [0.15, 0.2) is 105 Å². The number of amides is 1. The predicted octanol–water partition coefficient (Wildman–Crippen LogP) is 7.50. The van der Waals surface area contributed by atoms with E-state index in [1.54, 1.807) is 23.1 Å². The Morgan fingerprint density at radius 1 is 0.868 bits per heavy atom. The van der Waals surface area contributed by atoms with E-state index in [1.807, 2.05) is 86.6 Å². The summed E-state index contributed by atoms with van der Waals surface area (Å²) in [6.07, 6.45) is 0. The summed E-state index contributed by atoms with van der Waals surface area (Å²) in [7, 11) is 0. The zero-order chi connectivity index (χ0) is 26.4. The van der Waals surface area contributed by atoms with Gasteiger partial charge in [-0.15, -0.1) is 0 Å². The van der Waals surface area contributed by atoms with Crippen LogP contribution in [-0.2, 0) is 6.61 Å². The summed E-state index contributed by atoms with van der Waals surface area (Å²) in [6, 6.07) is 28.0. The molecule has 0 fully saturated rings. The molecule has 0 radical (unpaired) electrons. The Morgan fingerprint density at radius 2 is 1.63 bits per heavy atom. The SMILES string of the molecule is Cc1ccc(N2C(=O)c3oc4ccc(Br)cc4c(=O)c3C2c2ccc(OCc3ccccc3)cc2)cc1C. The number of fused-ring (bicyclic) bond motifs is 2. The van der Waals surface area contributed by atoms with Crippen LogP contribution in [0.4, 0.5) is 5.69 Å². The number of aryl methyl sites for hydroxylation is 2. The van der Waals surface area contributed by atoms with Crippen LogP contribution in [0.1, 0.15) is 44.4 Å².